The second-order valence-electron chi connectivity index (χ2n) is 5.08. The molecule has 1 amide bonds. The number of carbonyl (C=O) groups excluding carboxylic acids is 1. The average Bonchev–Trinajstić information content (AvgIpc) is 2.85. The molecule has 20 heavy (non-hydrogen) atoms. The Kier molecular flexibility index (Phi) is 3.20. The maximum atomic E-state index is 14.5. The first-order valence-electron chi connectivity index (χ1n) is 6.65. The van der Waals surface area contributed by atoms with Crippen LogP contribution >= 0.6 is 0 Å². The fourth-order valence-corrected chi connectivity index (χ4v) is 2.95. The van der Waals surface area contributed by atoms with Crippen LogP contribution in [0.2, 0.25) is 0 Å². The monoisotopic (exact) mass is 277 g/mol. The number of halogens is 2. The Morgan fingerprint density at radius 2 is 2.15 bits per heavy atom. The predicted molar refractivity (Wildman–Crippen MR) is 72.4 cm³/mol. The fraction of sp³-hybridized carbons (Fsp3) is 0.333. The maximum absolute atomic E-state index is 14.5. The van der Waals surface area contributed by atoms with Crippen LogP contribution < -0.4 is 5.32 Å². The summed E-state index contributed by atoms with van der Waals surface area (Å²) >= 11 is 0. The summed E-state index contributed by atoms with van der Waals surface area (Å²) < 4.78 is 29.1. The Morgan fingerprint density at radius 1 is 1.35 bits per heavy atom. The molecule has 105 valence electrons. The molecule has 5 heteroatoms. The summed E-state index contributed by atoms with van der Waals surface area (Å²) in [6.07, 6.45) is 3.30. The molecule has 2 aromatic rings. The summed E-state index contributed by atoms with van der Waals surface area (Å²) in [6, 6.07) is 6.28. The summed E-state index contributed by atoms with van der Waals surface area (Å²) in [5, 5.41) is 3.05. The summed E-state index contributed by atoms with van der Waals surface area (Å²) in [6.45, 7) is 0. The smallest absolute Gasteiger partial charge is 0.278 e. The van der Waals surface area contributed by atoms with Crippen molar-refractivity contribution in [2.75, 3.05) is 0 Å². The zero-order chi connectivity index (χ0) is 14.2. The van der Waals surface area contributed by atoms with Gasteiger partial charge in [0, 0.05) is 17.1 Å². The van der Waals surface area contributed by atoms with Gasteiger partial charge in [-0.2, -0.15) is 0 Å². The number of hydrogen-bond donors (Lipinski definition) is 2. The highest BCUT2D eigenvalue weighted by Gasteiger charge is 2.51. The number of para-hydroxylation sites is 1. The van der Waals surface area contributed by atoms with Gasteiger partial charge in [0.25, 0.3) is 5.92 Å². The third-order valence-corrected chi connectivity index (χ3v) is 3.94. The van der Waals surface area contributed by atoms with Gasteiger partial charge in [0.2, 0.25) is 6.41 Å². The van der Waals surface area contributed by atoms with Gasteiger partial charge in [0.15, 0.2) is 0 Å². The van der Waals surface area contributed by atoms with Gasteiger partial charge in [-0.15, -0.1) is 0 Å². The molecule has 1 unspecified atom stereocenters. The molecule has 3 rings (SSSR count). The van der Waals surface area contributed by atoms with E-state index in [1.165, 1.54) is 0 Å². The Morgan fingerprint density at radius 3 is 2.95 bits per heavy atom. The molecule has 1 aliphatic rings. The lowest BCUT2D eigenvalue weighted by atomic mass is 9.78. The Hall–Kier alpha value is -1.91. The molecular formula is C15H15F2N2O. The summed E-state index contributed by atoms with van der Waals surface area (Å²) in [4.78, 5) is 13.5. The number of hydrogen-bond acceptors (Lipinski definition) is 1. The average molecular weight is 277 g/mol. The summed E-state index contributed by atoms with van der Waals surface area (Å²) in [7, 11) is 0. The molecule has 1 fully saturated rings. The molecule has 1 saturated carbocycles. The quantitative estimate of drug-likeness (QED) is 0.832. The van der Waals surface area contributed by atoms with Crippen LogP contribution in [-0.2, 0) is 4.79 Å². The number of benzene rings is 1. The first kappa shape index (κ1) is 13.1. The van der Waals surface area contributed by atoms with E-state index in [4.69, 9.17) is 0 Å². The van der Waals surface area contributed by atoms with Crippen LogP contribution in [0, 0.1) is 5.92 Å². The maximum Gasteiger partial charge on any atom is 0.278 e. The predicted octanol–water partition coefficient (Wildman–Crippen LogP) is 3.02. The molecule has 1 radical (unpaired) electrons. The van der Waals surface area contributed by atoms with Crippen LogP contribution in [-0.4, -0.2) is 23.4 Å². The molecule has 0 spiro atoms. The Balaban J connectivity index is 2.01. The van der Waals surface area contributed by atoms with Crippen LogP contribution in [0.4, 0.5) is 8.78 Å². The Bertz CT molecular complexity index is 623. The minimum absolute atomic E-state index is 0.112. The standard InChI is InChI=1S/C15H15F2N2O/c16-15(17)12(5-3-7-14(15)19-9-20)11-8-18-13-6-2-1-4-10(11)13/h1-2,4,6,8-9,14,18H,3,5,7H2,(H,19,20). The van der Waals surface area contributed by atoms with Crippen LogP contribution in [0.25, 0.3) is 10.9 Å². The highest BCUT2D eigenvalue weighted by atomic mass is 19.3. The summed E-state index contributed by atoms with van der Waals surface area (Å²) in [5.74, 6) is -2.90. The number of rotatable bonds is 3. The van der Waals surface area contributed by atoms with Gasteiger partial charge in [-0.3, -0.25) is 4.79 Å². The summed E-state index contributed by atoms with van der Waals surface area (Å²) in [5.41, 5.74) is 1.40. The number of nitrogens with one attached hydrogen (secondary N) is 2. The van der Waals surface area contributed by atoms with Crippen LogP contribution in [0.15, 0.2) is 30.5 Å². The Labute approximate surface area is 115 Å². The van der Waals surface area contributed by atoms with E-state index in [-0.39, 0.29) is 5.92 Å². The van der Waals surface area contributed by atoms with Gasteiger partial charge in [0.1, 0.15) is 0 Å². The number of amides is 1. The van der Waals surface area contributed by atoms with Crippen LogP contribution in [0.1, 0.15) is 24.8 Å². The minimum atomic E-state index is -3.01. The first-order chi connectivity index (χ1) is 9.64. The van der Waals surface area contributed by atoms with Crippen molar-refractivity contribution in [3.63, 3.8) is 0 Å². The molecule has 1 atom stereocenters. The third kappa shape index (κ3) is 1.97. The van der Waals surface area contributed by atoms with Gasteiger partial charge in [0.05, 0.1) is 12.0 Å². The number of alkyl halides is 2. The lowest BCUT2D eigenvalue weighted by molar-refractivity contribution is -0.114. The molecule has 3 nitrogen and oxygen atoms in total. The van der Waals surface area contributed by atoms with Gasteiger partial charge in [-0.25, -0.2) is 8.78 Å². The van der Waals surface area contributed by atoms with Gasteiger partial charge in [-0.1, -0.05) is 24.6 Å². The van der Waals surface area contributed by atoms with E-state index in [1.54, 1.807) is 6.20 Å². The van der Waals surface area contributed by atoms with Crippen molar-refractivity contribution < 1.29 is 13.6 Å². The number of fused-ring (bicyclic) bond motifs is 1. The molecular weight excluding hydrogens is 262 g/mol. The van der Waals surface area contributed by atoms with Crippen molar-refractivity contribution in [3.8, 4) is 0 Å². The minimum Gasteiger partial charge on any atom is -0.361 e. The zero-order valence-electron chi connectivity index (χ0n) is 10.8. The van der Waals surface area contributed by atoms with E-state index in [9.17, 15) is 13.6 Å². The van der Waals surface area contributed by atoms with Crippen LogP contribution in [0.5, 0.6) is 0 Å². The van der Waals surface area contributed by atoms with E-state index >= 15 is 0 Å². The van der Waals surface area contributed by atoms with E-state index in [0.717, 1.165) is 10.9 Å². The molecule has 1 aromatic heterocycles. The van der Waals surface area contributed by atoms with Gasteiger partial charge in [-0.05, 0) is 24.5 Å². The van der Waals surface area contributed by atoms with Gasteiger partial charge >= 0.3 is 0 Å². The largest absolute Gasteiger partial charge is 0.361 e. The van der Waals surface area contributed by atoms with Crippen molar-refractivity contribution in [2.45, 2.75) is 31.2 Å². The first-order valence-corrected chi connectivity index (χ1v) is 6.65. The van der Waals surface area contributed by atoms with Crippen molar-refractivity contribution in [3.05, 3.63) is 41.9 Å². The van der Waals surface area contributed by atoms with Crippen molar-refractivity contribution in [1.82, 2.24) is 10.3 Å². The second kappa shape index (κ2) is 4.89. The van der Waals surface area contributed by atoms with Crippen LogP contribution in [0.3, 0.4) is 0 Å². The molecule has 1 heterocycles. The molecule has 2 N–H and O–H groups in total. The lowest BCUT2D eigenvalue weighted by Crippen LogP contribution is -2.51. The number of aromatic amines is 1. The van der Waals surface area contributed by atoms with E-state index in [0.29, 0.717) is 31.2 Å². The highest BCUT2D eigenvalue weighted by Crippen LogP contribution is 2.45. The molecule has 0 saturated heterocycles. The topological polar surface area (TPSA) is 44.9 Å². The van der Waals surface area contributed by atoms with Gasteiger partial charge < -0.3 is 10.3 Å². The number of carbonyl (C=O) groups is 1. The number of H-pyrrole nitrogens is 1. The zero-order valence-corrected chi connectivity index (χ0v) is 10.8. The van der Waals surface area contributed by atoms with E-state index in [1.807, 2.05) is 24.3 Å². The third-order valence-electron chi connectivity index (χ3n) is 3.94. The molecule has 1 aromatic carbocycles. The molecule has 1 aliphatic carbocycles. The molecule has 0 aliphatic heterocycles. The second-order valence-corrected chi connectivity index (χ2v) is 5.08. The van der Waals surface area contributed by atoms with Crippen molar-refractivity contribution >= 4 is 17.3 Å². The normalized spacial score (nSPS) is 22.8. The lowest BCUT2D eigenvalue weighted by Gasteiger charge is -2.37. The van der Waals surface area contributed by atoms with E-state index in [2.05, 4.69) is 10.3 Å². The SMILES string of the molecule is O=CNC1CCC[C](c2c[nH]c3ccccc23)C1(F)F. The molecule has 0 bridgehead atoms. The van der Waals surface area contributed by atoms with Crippen molar-refractivity contribution in [1.29, 1.82) is 0 Å². The van der Waals surface area contributed by atoms with Crippen molar-refractivity contribution in [2.24, 2.45) is 0 Å². The highest BCUT2D eigenvalue weighted by molar-refractivity contribution is 5.85. The van der Waals surface area contributed by atoms with E-state index < -0.39 is 12.0 Å². The fourth-order valence-electron chi connectivity index (χ4n) is 2.95. The number of aromatic nitrogens is 1.